The molecule has 0 saturated carbocycles. The highest BCUT2D eigenvalue weighted by atomic mass is 32.2. The maximum atomic E-state index is 3.79. The summed E-state index contributed by atoms with van der Waals surface area (Å²) < 4.78 is 0. The molecular weight excluding hydrogens is 216 g/mol. The van der Waals surface area contributed by atoms with Gasteiger partial charge in [-0.05, 0) is 25.5 Å². The van der Waals surface area contributed by atoms with E-state index in [4.69, 9.17) is 0 Å². The number of nitrogens with zero attached hydrogens (tertiary/aromatic N) is 1. The normalized spacial score (nSPS) is 25.9. The summed E-state index contributed by atoms with van der Waals surface area (Å²) in [5.74, 6) is 1.26. The summed E-state index contributed by atoms with van der Waals surface area (Å²) in [4.78, 5) is 2.71. The Labute approximate surface area is 106 Å². The number of thioether (sulfide) groups is 1. The van der Waals surface area contributed by atoms with E-state index in [1.54, 1.807) is 0 Å². The first-order valence-corrected chi connectivity index (χ1v) is 8.08. The minimum absolute atomic E-state index is 0.379. The van der Waals surface area contributed by atoms with E-state index in [1.165, 1.54) is 44.6 Å². The monoisotopic (exact) mass is 244 g/mol. The van der Waals surface area contributed by atoms with Crippen LogP contribution in [0.1, 0.15) is 40.0 Å². The molecule has 0 aromatic rings. The number of hydrogen-bond donors (Lipinski definition) is 1. The smallest absolute Gasteiger partial charge is 0.0304 e. The van der Waals surface area contributed by atoms with Gasteiger partial charge in [-0.3, -0.25) is 4.90 Å². The molecule has 1 fully saturated rings. The van der Waals surface area contributed by atoms with Crippen molar-refractivity contribution < 1.29 is 0 Å². The molecule has 0 aromatic heterocycles. The highest BCUT2D eigenvalue weighted by molar-refractivity contribution is 7.98. The summed E-state index contributed by atoms with van der Waals surface area (Å²) >= 11 is 1.96. The summed E-state index contributed by atoms with van der Waals surface area (Å²) in [6, 6.07) is 0.748. The van der Waals surface area contributed by atoms with Gasteiger partial charge >= 0.3 is 0 Å². The number of hydrogen-bond acceptors (Lipinski definition) is 3. The van der Waals surface area contributed by atoms with Crippen LogP contribution in [0.15, 0.2) is 0 Å². The lowest BCUT2D eigenvalue weighted by Crippen LogP contribution is -2.63. The predicted octanol–water partition coefficient (Wildman–Crippen LogP) is 2.59. The lowest BCUT2D eigenvalue weighted by molar-refractivity contribution is 0.0764. The molecule has 1 atom stereocenters. The second kappa shape index (κ2) is 6.87. The van der Waals surface area contributed by atoms with E-state index in [2.05, 4.69) is 37.2 Å². The fourth-order valence-corrected chi connectivity index (χ4v) is 3.05. The molecule has 1 heterocycles. The Morgan fingerprint density at radius 2 is 2.00 bits per heavy atom. The SMILES string of the molecule is CCC1CNC(CC)(CC)CN1CCSC. The van der Waals surface area contributed by atoms with Crippen molar-refractivity contribution in [3.63, 3.8) is 0 Å². The van der Waals surface area contributed by atoms with Crippen molar-refractivity contribution in [2.75, 3.05) is 31.6 Å². The summed E-state index contributed by atoms with van der Waals surface area (Å²) in [6.07, 6.45) is 5.96. The molecule has 0 amide bonds. The van der Waals surface area contributed by atoms with Crippen molar-refractivity contribution >= 4 is 11.8 Å². The van der Waals surface area contributed by atoms with E-state index in [-0.39, 0.29) is 0 Å². The van der Waals surface area contributed by atoms with Crippen LogP contribution in [0.25, 0.3) is 0 Å². The van der Waals surface area contributed by atoms with Gasteiger partial charge in [0.15, 0.2) is 0 Å². The molecule has 1 aliphatic heterocycles. The fourth-order valence-electron chi connectivity index (χ4n) is 2.63. The Bertz CT molecular complexity index is 192. The fraction of sp³-hybridized carbons (Fsp3) is 1.00. The molecule has 16 heavy (non-hydrogen) atoms. The second-order valence-electron chi connectivity index (χ2n) is 4.89. The quantitative estimate of drug-likeness (QED) is 0.773. The molecule has 96 valence electrons. The second-order valence-corrected chi connectivity index (χ2v) is 5.88. The van der Waals surface area contributed by atoms with Crippen LogP contribution in [0.5, 0.6) is 0 Å². The van der Waals surface area contributed by atoms with E-state index in [0.717, 1.165) is 6.04 Å². The number of rotatable bonds is 6. The van der Waals surface area contributed by atoms with Gasteiger partial charge in [-0.25, -0.2) is 0 Å². The zero-order valence-electron chi connectivity index (χ0n) is 11.4. The van der Waals surface area contributed by atoms with Gasteiger partial charge in [-0.15, -0.1) is 0 Å². The number of piperazine rings is 1. The van der Waals surface area contributed by atoms with E-state index in [1.807, 2.05) is 11.8 Å². The molecule has 0 aromatic carbocycles. The van der Waals surface area contributed by atoms with Crippen LogP contribution in [-0.4, -0.2) is 48.1 Å². The van der Waals surface area contributed by atoms with Crippen LogP contribution in [0, 0.1) is 0 Å². The summed E-state index contributed by atoms with van der Waals surface area (Å²) in [7, 11) is 0. The maximum Gasteiger partial charge on any atom is 0.0304 e. The maximum absolute atomic E-state index is 3.79. The van der Waals surface area contributed by atoms with Crippen LogP contribution < -0.4 is 5.32 Å². The van der Waals surface area contributed by atoms with Crippen molar-refractivity contribution in [1.82, 2.24) is 10.2 Å². The van der Waals surface area contributed by atoms with Crippen LogP contribution in [0.3, 0.4) is 0 Å². The Morgan fingerprint density at radius 3 is 2.50 bits per heavy atom. The minimum atomic E-state index is 0.379. The third kappa shape index (κ3) is 3.38. The first-order chi connectivity index (χ1) is 7.71. The van der Waals surface area contributed by atoms with Gasteiger partial charge in [0.1, 0.15) is 0 Å². The summed E-state index contributed by atoms with van der Waals surface area (Å²) in [6.45, 7) is 10.6. The Kier molecular flexibility index (Phi) is 6.16. The van der Waals surface area contributed by atoms with E-state index >= 15 is 0 Å². The van der Waals surface area contributed by atoms with Crippen LogP contribution in [0.4, 0.5) is 0 Å². The van der Waals surface area contributed by atoms with E-state index in [9.17, 15) is 0 Å². The Morgan fingerprint density at radius 1 is 1.31 bits per heavy atom. The van der Waals surface area contributed by atoms with Gasteiger partial charge in [-0.2, -0.15) is 11.8 Å². The van der Waals surface area contributed by atoms with Crippen molar-refractivity contribution in [2.24, 2.45) is 0 Å². The summed E-state index contributed by atoms with van der Waals surface area (Å²) in [5.41, 5.74) is 0.379. The molecule has 1 unspecified atom stereocenters. The topological polar surface area (TPSA) is 15.3 Å². The van der Waals surface area contributed by atoms with Crippen molar-refractivity contribution in [2.45, 2.75) is 51.6 Å². The van der Waals surface area contributed by atoms with Crippen LogP contribution in [-0.2, 0) is 0 Å². The van der Waals surface area contributed by atoms with Crippen molar-refractivity contribution in [3.8, 4) is 0 Å². The van der Waals surface area contributed by atoms with Gasteiger partial charge in [0.2, 0.25) is 0 Å². The van der Waals surface area contributed by atoms with Gasteiger partial charge in [-0.1, -0.05) is 20.8 Å². The third-order valence-corrected chi connectivity index (χ3v) is 4.73. The Hall–Kier alpha value is 0.270. The predicted molar refractivity (Wildman–Crippen MR) is 75.3 cm³/mol. The highest BCUT2D eigenvalue weighted by Crippen LogP contribution is 2.23. The lowest BCUT2D eigenvalue weighted by atomic mass is 9.88. The average Bonchev–Trinajstić information content (AvgIpc) is 2.35. The molecule has 0 radical (unpaired) electrons. The van der Waals surface area contributed by atoms with Crippen molar-refractivity contribution in [1.29, 1.82) is 0 Å². The molecule has 1 N–H and O–H groups in total. The van der Waals surface area contributed by atoms with E-state index in [0.29, 0.717) is 5.54 Å². The summed E-state index contributed by atoms with van der Waals surface area (Å²) in [5, 5.41) is 3.79. The number of nitrogens with one attached hydrogen (secondary N) is 1. The van der Waals surface area contributed by atoms with Gasteiger partial charge in [0.25, 0.3) is 0 Å². The molecule has 0 aliphatic carbocycles. The standard InChI is InChI=1S/C13H28N2S/c1-5-12-10-14-13(6-2,7-3)11-15(12)8-9-16-4/h12,14H,5-11H2,1-4H3. The molecule has 0 spiro atoms. The molecule has 3 heteroatoms. The van der Waals surface area contributed by atoms with Gasteiger partial charge < -0.3 is 5.32 Å². The Balaban J connectivity index is 2.60. The molecular formula is C13H28N2S. The first kappa shape index (κ1) is 14.3. The average molecular weight is 244 g/mol. The van der Waals surface area contributed by atoms with Gasteiger partial charge in [0.05, 0.1) is 0 Å². The molecule has 1 rings (SSSR count). The lowest BCUT2D eigenvalue weighted by Gasteiger charge is -2.47. The van der Waals surface area contributed by atoms with Crippen LogP contribution >= 0.6 is 11.8 Å². The molecule has 1 aliphatic rings. The minimum Gasteiger partial charge on any atom is -0.308 e. The molecule has 2 nitrogen and oxygen atoms in total. The molecule has 0 bridgehead atoms. The van der Waals surface area contributed by atoms with Gasteiger partial charge in [0, 0.05) is 37.0 Å². The molecule has 1 saturated heterocycles. The van der Waals surface area contributed by atoms with E-state index < -0.39 is 0 Å². The third-order valence-electron chi connectivity index (χ3n) is 4.14. The zero-order chi connectivity index (χ0) is 12.0. The van der Waals surface area contributed by atoms with Crippen LogP contribution in [0.2, 0.25) is 0 Å². The largest absolute Gasteiger partial charge is 0.308 e. The highest BCUT2D eigenvalue weighted by Gasteiger charge is 2.35. The zero-order valence-corrected chi connectivity index (χ0v) is 12.2. The van der Waals surface area contributed by atoms with Crippen molar-refractivity contribution in [3.05, 3.63) is 0 Å². The first-order valence-electron chi connectivity index (χ1n) is 6.69.